The quantitative estimate of drug-likeness (QED) is 0.455. The Labute approximate surface area is 216 Å². The van der Waals surface area contributed by atoms with Gasteiger partial charge in [-0.05, 0) is 29.8 Å². The fourth-order valence-corrected chi connectivity index (χ4v) is 3.93. The van der Waals surface area contributed by atoms with E-state index in [-0.39, 0.29) is 5.91 Å². The summed E-state index contributed by atoms with van der Waals surface area (Å²) >= 11 is 0. The highest BCUT2D eigenvalue weighted by Crippen LogP contribution is 2.34. The number of anilines is 2. The summed E-state index contributed by atoms with van der Waals surface area (Å²) in [5, 5.41) is 7.69. The molecule has 0 aliphatic carbocycles. The standard InChI is InChI=1S/C25H29N5O5.CH4O/c1-32-17-11-16(12-18(13-17)33-2)5-6-23(31)29-7-9-30(10-8-29)25-27-20-15-22(35-4)21(34-3)14-19(20)24(26)28-25;1-2/h5-6,11-15H,7-10H2,1-4H3,(H2,26,27,28);2H,1H3/b6-5+;. The van der Waals surface area contributed by atoms with Crippen LogP contribution in [0.2, 0.25) is 0 Å². The third-order valence-corrected chi connectivity index (χ3v) is 5.89. The van der Waals surface area contributed by atoms with Crippen molar-refractivity contribution in [1.29, 1.82) is 0 Å². The fraction of sp³-hybridized carbons (Fsp3) is 0.346. The number of nitrogens with two attached hydrogens (primary N) is 1. The monoisotopic (exact) mass is 511 g/mol. The second kappa shape index (κ2) is 12.6. The topological polar surface area (TPSA) is 132 Å². The van der Waals surface area contributed by atoms with Crippen LogP contribution in [0.1, 0.15) is 5.56 Å². The molecular weight excluding hydrogens is 478 g/mol. The number of carbonyl (C=O) groups is 1. The second-order valence-corrected chi connectivity index (χ2v) is 7.92. The van der Waals surface area contributed by atoms with Crippen LogP contribution in [0.4, 0.5) is 11.8 Å². The lowest BCUT2D eigenvalue weighted by Crippen LogP contribution is -2.48. The van der Waals surface area contributed by atoms with Crippen molar-refractivity contribution in [3.63, 3.8) is 0 Å². The van der Waals surface area contributed by atoms with Gasteiger partial charge in [0, 0.05) is 56.9 Å². The number of rotatable bonds is 7. The minimum absolute atomic E-state index is 0.0674. The fourth-order valence-electron chi connectivity index (χ4n) is 3.93. The zero-order chi connectivity index (χ0) is 26.9. The zero-order valence-corrected chi connectivity index (χ0v) is 21.7. The third kappa shape index (κ3) is 6.31. The van der Waals surface area contributed by atoms with Crippen molar-refractivity contribution in [2.75, 3.05) is 72.4 Å². The van der Waals surface area contributed by atoms with Gasteiger partial charge in [-0.1, -0.05) is 0 Å². The van der Waals surface area contributed by atoms with Gasteiger partial charge in [0.1, 0.15) is 17.3 Å². The lowest BCUT2D eigenvalue weighted by atomic mass is 10.2. The van der Waals surface area contributed by atoms with Crippen LogP contribution < -0.4 is 29.6 Å². The van der Waals surface area contributed by atoms with E-state index in [1.807, 2.05) is 17.0 Å². The van der Waals surface area contributed by atoms with E-state index in [1.165, 1.54) is 0 Å². The molecule has 1 saturated heterocycles. The minimum atomic E-state index is -0.0674. The molecule has 11 heteroatoms. The number of piperazine rings is 1. The Morgan fingerprint density at radius 3 is 2.03 bits per heavy atom. The highest BCUT2D eigenvalue weighted by molar-refractivity contribution is 5.93. The number of methoxy groups -OCH3 is 4. The average Bonchev–Trinajstić information content (AvgIpc) is 2.95. The van der Waals surface area contributed by atoms with E-state index in [2.05, 4.69) is 9.97 Å². The number of benzene rings is 2. The molecule has 1 amide bonds. The predicted molar refractivity (Wildman–Crippen MR) is 143 cm³/mol. The molecule has 2 aromatic carbocycles. The molecule has 1 aliphatic heterocycles. The number of ether oxygens (including phenoxy) is 4. The van der Waals surface area contributed by atoms with E-state index >= 15 is 0 Å². The van der Waals surface area contributed by atoms with E-state index in [0.29, 0.717) is 71.8 Å². The maximum Gasteiger partial charge on any atom is 0.246 e. The molecule has 0 atom stereocenters. The van der Waals surface area contributed by atoms with Crippen LogP contribution in [0, 0.1) is 0 Å². The smallest absolute Gasteiger partial charge is 0.246 e. The second-order valence-electron chi connectivity index (χ2n) is 7.92. The molecule has 0 unspecified atom stereocenters. The number of hydrogen-bond donors (Lipinski definition) is 2. The van der Waals surface area contributed by atoms with Crippen LogP contribution in [0.5, 0.6) is 23.0 Å². The summed E-state index contributed by atoms with van der Waals surface area (Å²) in [7, 11) is 7.32. The van der Waals surface area contributed by atoms with E-state index in [0.717, 1.165) is 12.7 Å². The van der Waals surface area contributed by atoms with Gasteiger partial charge >= 0.3 is 0 Å². The lowest BCUT2D eigenvalue weighted by Gasteiger charge is -2.34. The van der Waals surface area contributed by atoms with Gasteiger partial charge in [-0.25, -0.2) is 4.98 Å². The SMILES string of the molecule is CO.COc1cc(/C=C/C(=O)N2CCN(c3nc(N)c4cc(OC)c(OC)cc4n3)CC2)cc(OC)c1. The van der Waals surface area contributed by atoms with Crippen molar-refractivity contribution in [3.05, 3.63) is 42.0 Å². The van der Waals surface area contributed by atoms with Crippen molar-refractivity contribution in [3.8, 4) is 23.0 Å². The molecule has 198 valence electrons. The van der Waals surface area contributed by atoms with Gasteiger partial charge in [-0.2, -0.15) is 4.98 Å². The first-order chi connectivity index (χ1) is 17.9. The number of nitrogen functional groups attached to an aromatic ring is 1. The predicted octanol–water partition coefficient (Wildman–Crippen LogP) is 2.22. The molecule has 0 bridgehead atoms. The summed E-state index contributed by atoms with van der Waals surface area (Å²) < 4.78 is 21.3. The van der Waals surface area contributed by atoms with E-state index < -0.39 is 0 Å². The van der Waals surface area contributed by atoms with Gasteiger partial charge in [0.05, 0.1) is 34.0 Å². The number of amides is 1. The van der Waals surface area contributed by atoms with Gasteiger partial charge in [-0.3, -0.25) is 4.79 Å². The molecule has 0 radical (unpaired) electrons. The molecule has 3 N–H and O–H groups in total. The molecule has 0 spiro atoms. The van der Waals surface area contributed by atoms with Crippen molar-refractivity contribution in [1.82, 2.24) is 14.9 Å². The van der Waals surface area contributed by atoms with Gasteiger partial charge in [0.15, 0.2) is 11.5 Å². The number of aliphatic hydroxyl groups is 1. The van der Waals surface area contributed by atoms with Crippen LogP contribution in [0.15, 0.2) is 36.4 Å². The van der Waals surface area contributed by atoms with Crippen molar-refractivity contribution < 1.29 is 28.8 Å². The maximum absolute atomic E-state index is 12.8. The number of hydrogen-bond acceptors (Lipinski definition) is 10. The highest BCUT2D eigenvalue weighted by atomic mass is 16.5. The summed E-state index contributed by atoms with van der Waals surface area (Å²) in [6.07, 6.45) is 3.32. The average molecular weight is 512 g/mol. The zero-order valence-electron chi connectivity index (χ0n) is 21.7. The van der Waals surface area contributed by atoms with Crippen LogP contribution in [-0.2, 0) is 4.79 Å². The molecule has 37 heavy (non-hydrogen) atoms. The first-order valence-corrected chi connectivity index (χ1v) is 11.5. The molecule has 1 fully saturated rings. The van der Waals surface area contributed by atoms with Crippen LogP contribution in [-0.4, -0.2) is 87.6 Å². The Morgan fingerprint density at radius 2 is 1.46 bits per heavy atom. The van der Waals surface area contributed by atoms with Crippen molar-refractivity contribution in [2.45, 2.75) is 0 Å². The molecule has 0 saturated carbocycles. The number of aromatic nitrogens is 2. The Balaban J connectivity index is 0.00000186. The molecule has 3 aromatic rings. The Bertz CT molecular complexity index is 1240. The summed E-state index contributed by atoms with van der Waals surface area (Å²) in [6.45, 7) is 2.26. The normalized spacial score (nSPS) is 13.2. The molecule has 11 nitrogen and oxygen atoms in total. The maximum atomic E-state index is 12.8. The van der Waals surface area contributed by atoms with E-state index in [9.17, 15) is 4.79 Å². The number of nitrogens with zero attached hydrogens (tertiary/aromatic N) is 4. The number of carbonyl (C=O) groups excluding carboxylic acids is 1. The molecular formula is C26H33N5O6. The molecule has 1 aliphatic rings. The van der Waals surface area contributed by atoms with Gasteiger partial charge in [0.25, 0.3) is 0 Å². The number of aliphatic hydroxyl groups excluding tert-OH is 1. The molecule has 1 aromatic heterocycles. The summed E-state index contributed by atoms with van der Waals surface area (Å²) in [5.41, 5.74) is 7.71. The van der Waals surface area contributed by atoms with Crippen LogP contribution in [0.3, 0.4) is 0 Å². The van der Waals surface area contributed by atoms with Gasteiger partial charge < -0.3 is 39.6 Å². The first-order valence-electron chi connectivity index (χ1n) is 11.5. The summed E-state index contributed by atoms with van der Waals surface area (Å²) in [4.78, 5) is 25.7. The number of fused-ring (bicyclic) bond motifs is 1. The lowest BCUT2D eigenvalue weighted by molar-refractivity contribution is -0.126. The van der Waals surface area contributed by atoms with Crippen LogP contribution >= 0.6 is 0 Å². The van der Waals surface area contributed by atoms with Gasteiger partial charge in [-0.15, -0.1) is 0 Å². The minimum Gasteiger partial charge on any atom is -0.497 e. The van der Waals surface area contributed by atoms with Crippen molar-refractivity contribution in [2.24, 2.45) is 0 Å². The summed E-state index contributed by atoms with van der Waals surface area (Å²) in [5.74, 6) is 3.28. The Hall–Kier alpha value is -4.25. The van der Waals surface area contributed by atoms with Crippen LogP contribution in [0.25, 0.3) is 17.0 Å². The van der Waals surface area contributed by atoms with Gasteiger partial charge in [0.2, 0.25) is 11.9 Å². The third-order valence-electron chi connectivity index (χ3n) is 5.89. The van der Waals surface area contributed by atoms with E-state index in [4.69, 9.17) is 29.8 Å². The molecule has 4 rings (SSSR count). The Morgan fingerprint density at radius 1 is 0.865 bits per heavy atom. The summed E-state index contributed by atoms with van der Waals surface area (Å²) in [6, 6.07) is 9.03. The van der Waals surface area contributed by atoms with E-state index in [1.54, 1.807) is 63.7 Å². The highest BCUT2D eigenvalue weighted by Gasteiger charge is 2.23. The largest absolute Gasteiger partial charge is 0.497 e. The Kier molecular flexibility index (Phi) is 9.33. The first kappa shape index (κ1) is 27.3. The molecule has 2 heterocycles. The van der Waals surface area contributed by atoms with Crippen molar-refractivity contribution >= 4 is 34.7 Å².